The molecule has 1 rings (SSSR count). The number of benzene rings is 1. The van der Waals surface area contributed by atoms with Crippen LogP contribution in [0.1, 0.15) is 46.6 Å². The summed E-state index contributed by atoms with van der Waals surface area (Å²) in [7, 11) is 2.21. The Morgan fingerprint density at radius 1 is 0.950 bits per heavy atom. The van der Waals surface area contributed by atoms with Crippen LogP contribution in [0.3, 0.4) is 0 Å². The van der Waals surface area contributed by atoms with Gasteiger partial charge in [-0.15, -0.1) is 0 Å². The molecule has 0 saturated heterocycles. The molecule has 1 aromatic rings. The summed E-state index contributed by atoms with van der Waals surface area (Å²) in [6.45, 7) is 14.6. The zero-order valence-corrected chi connectivity index (χ0v) is 14.2. The molecule has 0 aliphatic rings. The maximum Gasteiger partial charge on any atom is 0.0104 e. The minimum Gasteiger partial charge on any atom is -0.311 e. The molecule has 0 aromatic heterocycles. The number of nitrogens with one attached hydrogen (secondary N) is 1. The molecule has 1 N–H and O–H groups in total. The van der Waals surface area contributed by atoms with Crippen LogP contribution >= 0.6 is 0 Å². The summed E-state index contributed by atoms with van der Waals surface area (Å²) in [5.74, 6) is 0. The lowest BCUT2D eigenvalue weighted by Crippen LogP contribution is -2.41. The maximum atomic E-state index is 3.54. The zero-order valence-electron chi connectivity index (χ0n) is 14.2. The summed E-state index contributed by atoms with van der Waals surface area (Å²) in [5.41, 5.74) is 1.89. The van der Waals surface area contributed by atoms with E-state index >= 15 is 0 Å². The average Bonchev–Trinajstić information content (AvgIpc) is 2.36. The third kappa shape index (κ3) is 6.53. The first-order valence-corrected chi connectivity index (χ1v) is 7.70. The van der Waals surface area contributed by atoms with Crippen LogP contribution in [0.5, 0.6) is 0 Å². The van der Waals surface area contributed by atoms with Crippen molar-refractivity contribution in [2.45, 2.75) is 52.0 Å². The largest absolute Gasteiger partial charge is 0.311 e. The van der Waals surface area contributed by atoms with Crippen LogP contribution in [0.2, 0.25) is 0 Å². The summed E-state index contributed by atoms with van der Waals surface area (Å²) in [4.78, 5) is 2.42. The molecule has 114 valence electrons. The van der Waals surface area contributed by atoms with E-state index in [2.05, 4.69) is 82.2 Å². The monoisotopic (exact) mass is 276 g/mol. The molecule has 0 amide bonds. The van der Waals surface area contributed by atoms with E-state index < -0.39 is 0 Å². The Morgan fingerprint density at radius 2 is 1.55 bits per heavy atom. The second-order valence-corrected chi connectivity index (χ2v) is 7.48. The van der Waals surface area contributed by atoms with E-state index in [1.807, 2.05) is 0 Å². The predicted octanol–water partition coefficient (Wildman–Crippen LogP) is 3.67. The Bertz CT molecular complexity index is 376. The molecule has 0 atom stereocenters. The average molecular weight is 276 g/mol. The van der Waals surface area contributed by atoms with Crippen LogP contribution in [0.15, 0.2) is 30.3 Å². The lowest BCUT2D eigenvalue weighted by Gasteiger charge is -2.29. The molecule has 0 unspecified atom stereocenters. The number of hydrogen-bond acceptors (Lipinski definition) is 2. The molecular formula is C18H32N2. The predicted molar refractivity (Wildman–Crippen MR) is 89.3 cm³/mol. The highest BCUT2D eigenvalue weighted by molar-refractivity contribution is 5.23. The first kappa shape index (κ1) is 17.2. The standard InChI is InChI=1S/C18H32N2/c1-17(2,3)19-13-15-20(6)14-12-18(4,5)16-10-8-7-9-11-16/h7-11,19H,12-15H2,1-6H3. The molecule has 20 heavy (non-hydrogen) atoms. The van der Waals surface area contributed by atoms with Gasteiger partial charge >= 0.3 is 0 Å². The van der Waals surface area contributed by atoms with Crippen LogP contribution in [0.25, 0.3) is 0 Å². The van der Waals surface area contributed by atoms with Crippen LogP contribution < -0.4 is 5.32 Å². The molecule has 0 fully saturated rings. The van der Waals surface area contributed by atoms with Crippen molar-refractivity contribution in [1.82, 2.24) is 10.2 Å². The Balaban J connectivity index is 2.35. The van der Waals surface area contributed by atoms with Gasteiger partial charge in [0.05, 0.1) is 0 Å². The lowest BCUT2D eigenvalue weighted by molar-refractivity contribution is 0.281. The molecular weight excluding hydrogens is 244 g/mol. The molecule has 2 nitrogen and oxygen atoms in total. The van der Waals surface area contributed by atoms with E-state index in [0.29, 0.717) is 0 Å². The van der Waals surface area contributed by atoms with Crippen LogP contribution in [0.4, 0.5) is 0 Å². The van der Waals surface area contributed by atoms with Gasteiger partial charge in [0.25, 0.3) is 0 Å². The van der Waals surface area contributed by atoms with Gasteiger partial charge in [0.2, 0.25) is 0 Å². The number of likely N-dealkylation sites (N-methyl/N-ethyl adjacent to an activating group) is 1. The quantitative estimate of drug-likeness (QED) is 0.817. The van der Waals surface area contributed by atoms with E-state index in [4.69, 9.17) is 0 Å². The van der Waals surface area contributed by atoms with E-state index in [-0.39, 0.29) is 11.0 Å². The fourth-order valence-corrected chi connectivity index (χ4v) is 2.24. The van der Waals surface area contributed by atoms with Gasteiger partial charge in [0.15, 0.2) is 0 Å². The van der Waals surface area contributed by atoms with Gasteiger partial charge in [-0.25, -0.2) is 0 Å². The van der Waals surface area contributed by atoms with Crippen molar-refractivity contribution < 1.29 is 0 Å². The molecule has 2 heteroatoms. The van der Waals surface area contributed by atoms with Crippen molar-refractivity contribution in [2.75, 3.05) is 26.7 Å². The molecule has 0 aliphatic carbocycles. The van der Waals surface area contributed by atoms with Crippen molar-refractivity contribution in [3.05, 3.63) is 35.9 Å². The highest BCUT2D eigenvalue weighted by Gasteiger charge is 2.20. The highest BCUT2D eigenvalue weighted by atomic mass is 15.1. The molecule has 0 saturated carbocycles. The van der Waals surface area contributed by atoms with Gasteiger partial charge in [-0.05, 0) is 51.8 Å². The summed E-state index contributed by atoms with van der Waals surface area (Å²) >= 11 is 0. The Morgan fingerprint density at radius 3 is 2.10 bits per heavy atom. The molecule has 0 spiro atoms. The van der Waals surface area contributed by atoms with Crippen LogP contribution in [0, 0.1) is 0 Å². The third-order valence-electron chi connectivity index (χ3n) is 3.82. The Labute approximate surface area is 125 Å². The van der Waals surface area contributed by atoms with Crippen LogP contribution in [-0.4, -0.2) is 37.1 Å². The SMILES string of the molecule is CN(CCNC(C)(C)C)CCC(C)(C)c1ccccc1. The first-order chi connectivity index (χ1) is 9.21. The van der Waals surface area contributed by atoms with E-state index in [0.717, 1.165) is 19.6 Å². The van der Waals surface area contributed by atoms with Crippen molar-refractivity contribution >= 4 is 0 Å². The normalized spacial score (nSPS) is 12.9. The van der Waals surface area contributed by atoms with Gasteiger partial charge in [-0.1, -0.05) is 44.2 Å². The maximum absolute atomic E-state index is 3.54. The third-order valence-corrected chi connectivity index (χ3v) is 3.82. The smallest absolute Gasteiger partial charge is 0.0104 e. The minimum atomic E-state index is 0.212. The topological polar surface area (TPSA) is 15.3 Å². The van der Waals surface area contributed by atoms with Gasteiger partial charge in [-0.2, -0.15) is 0 Å². The van der Waals surface area contributed by atoms with Crippen molar-refractivity contribution in [1.29, 1.82) is 0 Å². The zero-order chi connectivity index (χ0) is 15.2. The van der Waals surface area contributed by atoms with E-state index in [1.165, 1.54) is 12.0 Å². The van der Waals surface area contributed by atoms with Crippen molar-refractivity contribution in [3.63, 3.8) is 0 Å². The van der Waals surface area contributed by atoms with Crippen molar-refractivity contribution in [2.24, 2.45) is 0 Å². The minimum absolute atomic E-state index is 0.212. The molecule has 0 aliphatic heterocycles. The lowest BCUT2D eigenvalue weighted by atomic mass is 9.81. The number of hydrogen-bond donors (Lipinski definition) is 1. The molecule has 1 aromatic carbocycles. The van der Waals surface area contributed by atoms with Crippen molar-refractivity contribution in [3.8, 4) is 0 Å². The summed E-state index contributed by atoms with van der Waals surface area (Å²) in [6.07, 6.45) is 1.18. The summed E-state index contributed by atoms with van der Waals surface area (Å²) < 4.78 is 0. The first-order valence-electron chi connectivity index (χ1n) is 7.70. The van der Waals surface area contributed by atoms with Gasteiger partial charge in [-0.3, -0.25) is 0 Å². The Hall–Kier alpha value is -0.860. The molecule has 0 radical (unpaired) electrons. The Kier molecular flexibility index (Phi) is 6.22. The van der Waals surface area contributed by atoms with Crippen LogP contribution in [-0.2, 0) is 5.41 Å². The molecule has 0 heterocycles. The van der Waals surface area contributed by atoms with E-state index in [9.17, 15) is 0 Å². The second kappa shape index (κ2) is 7.24. The number of rotatable bonds is 7. The fourth-order valence-electron chi connectivity index (χ4n) is 2.24. The van der Waals surface area contributed by atoms with Gasteiger partial charge in [0, 0.05) is 18.6 Å². The second-order valence-electron chi connectivity index (χ2n) is 7.48. The fraction of sp³-hybridized carbons (Fsp3) is 0.667. The van der Waals surface area contributed by atoms with Gasteiger partial charge < -0.3 is 10.2 Å². The summed E-state index contributed by atoms with van der Waals surface area (Å²) in [6, 6.07) is 10.8. The van der Waals surface area contributed by atoms with Gasteiger partial charge in [0.1, 0.15) is 0 Å². The number of nitrogens with zero attached hydrogens (tertiary/aromatic N) is 1. The van der Waals surface area contributed by atoms with E-state index in [1.54, 1.807) is 0 Å². The highest BCUT2D eigenvalue weighted by Crippen LogP contribution is 2.26. The summed E-state index contributed by atoms with van der Waals surface area (Å²) in [5, 5.41) is 3.54. The molecule has 0 bridgehead atoms.